The quantitative estimate of drug-likeness (QED) is 0.174. The van der Waals surface area contributed by atoms with E-state index in [1.165, 1.54) is 24.3 Å². The number of halogens is 2. The van der Waals surface area contributed by atoms with Gasteiger partial charge in [-0.2, -0.15) is 8.61 Å². The molecule has 2 aliphatic rings. The third kappa shape index (κ3) is 7.13. The lowest BCUT2D eigenvalue weighted by molar-refractivity contribution is 0.344. The Kier molecular flexibility index (Phi) is 10.3. The number of para-hydroxylation sites is 2. The summed E-state index contributed by atoms with van der Waals surface area (Å²) in [5, 5.41) is 1.98. The van der Waals surface area contributed by atoms with Gasteiger partial charge in [-0.3, -0.25) is 0 Å². The van der Waals surface area contributed by atoms with Crippen LogP contribution in [0.3, 0.4) is 0 Å². The molecule has 2 aromatic heterocycles. The summed E-state index contributed by atoms with van der Waals surface area (Å²) in [6, 6.07) is 40.8. The summed E-state index contributed by atoms with van der Waals surface area (Å²) in [5.74, 6) is -0.691. The van der Waals surface area contributed by atoms with Gasteiger partial charge in [-0.25, -0.2) is 25.6 Å². The number of benzene rings is 6. The molecular weight excluding hydrogens is 799 g/mol. The van der Waals surface area contributed by atoms with Crippen LogP contribution in [0.25, 0.3) is 21.8 Å². The van der Waals surface area contributed by atoms with Crippen molar-refractivity contribution >= 4 is 41.9 Å². The van der Waals surface area contributed by atoms with E-state index in [1.54, 1.807) is 81.4 Å². The zero-order valence-corrected chi connectivity index (χ0v) is 34.6. The summed E-state index contributed by atoms with van der Waals surface area (Å²) >= 11 is 0. The van der Waals surface area contributed by atoms with Crippen LogP contribution in [0.4, 0.5) is 8.78 Å². The summed E-state index contributed by atoms with van der Waals surface area (Å²) in [4.78, 5) is 7.44. The first-order chi connectivity index (χ1) is 28.9. The fourth-order valence-corrected chi connectivity index (χ4v) is 11.8. The number of H-pyrrole nitrogens is 2. The zero-order valence-electron chi connectivity index (χ0n) is 32.9. The van der Waals surface area contributed by atoms with E-state index in [-0.39, 0.29) is 21.4 Å². The van der Waals surface area contributed by atoms with Crippen LogP contribution in [0.15, 0.2) is 155 Å². The number of sulfonamides is 2. The van der Waals surface area contributed by atoms with Crippen molar-refractivity contribution in [2.24, 2.45) is 0 Å². The van der Waals surface area contributed by atoms with Crippen LogP contribution >= 0.6 is 0 Å². The van der Waals surface area contributed by atoms with Crippen LogP contribution in [0.1, 0.15) is 56.9 Å². The van der Waals surface area contributed by atoms with Crippen molar-refractivity contribution < 1.29 is 25.6 Å². The molecule has 0 spiro atoms. The Labute approximate surface area is 348 Å². The summed E-state index contributed by atoms with van der Waals surface area (Å²) in [7, 11) is -7.50. The smallest absolute Gasteiger partial charge is 0.243 e. The second-order valence-electron chi connectivity index (χ2n) is 15.4. The van der Waals surface area contributed by atoms with Crippen molar-refractivity contribution in [2.45, 2.75) is 48.6 Å². The van der Waals surface area contributed by atoms with E-state index in [0.717, 1.165) is 66.6 Å². The summed E-state index contributed by atoms with van der Waals surface area (Å²) in [6.45, 7) is 4.55. The highest BCUT2D eigenvalue weighted by Gasteiger charge is 2.41. The van der Waals surface area contributed by atoms with E-state index < -0.39 is 32.1 Å². The minimum atomic E-state index is -3.75. The third-order valence-corrected chi connectivity index (χ3v) is 15.3. The highest BCUT2D eigenvalue weighted by Crippen LogP contribution is 2.44. The molecule has 60 heavy (non-hydrogen) atoms. The van der Waals surface area contributed by atoms with Gasteiger partial charge in [0.1, 0.15) is 11.6 Å². The highest BCUT2D eigenvalue weighted by molar-refractivity contribution is 7.89. The fourth-order valence-electron chi connectivity index (χ4n) is 8.61. The van der Waals surface area contributed by atoms with Crippen LogP contribution in [0, 0.1) is 25.5 Å². The van der Waals surface area contributed by atoms with Gasteiger partial charge in [-0.15, -0.1) is 0 Å². The van der Waals surface area contributed by atoms with Crippen LogP contribution in [-0.2, 0) is 32.9 Å². The van der Waals surface area contributed by atoms with Crippen LogP contribution in [-0.4, -0.2) is 48.5 Å². The minimum absolute atomic E-state index is 0.267. The molecule has 304 valence electrons. The maximum atomic E-state index is 13.7. The molecule has 2 atom stereocenters. The molecule has 2 aliphatic heterocycles. The molecule has 2 N–H and O–H groups in total. The number of rotatable bonds is 6. The summed E-state index contributed by atoms with van der Waals surface area (Å²) in [6.07, 6.45) is 1.18. The van der Waals surface area contributed by atoms with Crippen LogP contribution in [0.2, 0.25) is 0 Å². The van der Waals surface area contributed by atoms with E-state index in [9.17, 15) is 25.6 Å². The minimum Gasteiger partial charge on any atom is -0.358 e. The van der Waals surface area contributed by atoms with Crippen molar-refractivity contribution in [1.82, 2.24) is 18.6 Å². The molecule has 12 heteroatoms. The standard InChI is InChI=1S/2C24H21FN2O2S/c2*1-16-6-12-19(13-7-16)30(28,29)27-15-14-22-23(20-4-2-3-5-21(20)26-22)24(27)17-8-10-18(25)11-9-17/h2*2-13,24,26H,14-15H2,1H3/t2*24-/m10/s1. The Balaban J connectivity index is 0.000000154. The second-order valence-corrected chi connectivity index (χ2v) is 19.2. The van der Waals surface area contributed by atoms with Gasteiger partial charge in [0.2, 0.25) is 20.0 Å². The van der Waals surface area contributed by atoms with Crippen molar-refractivity contribution in [3.05, 3.63) is 202 Å². The highest BCUT2D eigenvalue weighted by atomic mass is 32.2. The largest absolute Gasteiger partial charge is 0.358 e. The van der Waals surface area contributed by atoms with Crippen molar-refractivity contribution in [2.75, 3.05) is 13.1 Å². The SMILES string of the molecule is Cc1ccc(S(=O)(=O)N2CCc3[nH]c4ccccc4c3[C@@H]2c2ccc(F)cc2)cc1.Cc1ccc(S(=O)(=O)N2CCc3[nH]c4ccccc4c3[C@H]2c2ccc(F)cc2)cc1. The van der Waals surface area contributed by atoms with Crippen molar-refractivity contribution in [3.8, 4) is 0 Å². The Morgan fingerprint density at radius 2 is 0.833 bits per heavy atom. The molecule has 0 saturated carbocycles. The number of nitrogens with zero attached hydrogens (tertiary/aromatic N) is 2. The van der Waals surface area contributed by atoms with Gasteiger partial charge in [0, 0.05) is 70.3 Å². The lowest BCUT2D eigenvalue weighted by Gasteiger charge is -2.35. The van der Waals surface area contributed by atoms with E-state index in [4.69, 9.17) is 0 Å². The molecule has 0 aliphatic carbocycles. The number of fused-ring (bicyclic) bond motifs is 6. The van der Waals surface area contributed by atoms with Crippen LogP contribution < -0.4 is 0 Å². The Morgan fingerprint density at radius 3 is 1.20 bits per heavy atom. The topological polar surface area (TPSA) is 106 Å². The molecule has 8 nitrogen and oxygen atoms in total. The number of hydrogen-bond donors (Lipinski definition) is 2. The van der Waals surface area contributed by atoms with Crippen molar-refractivity contribution in [3.63, 3.8) is 0 Å². The predicted molar refractivity (Wildman–Crippen MR) is 231 cm³/mol. The normalized spacial score (nSPS) is 17.2. The average molecular weight is 841 g/mol. The van der Waals surface area contributed by atoms with Gasteiger partial charge in [-0.1, -0.05) is 96.1 Å². The average Bonchev–Trinajstić information content (AvgIpc) is 3.83. The van der Waals surface area contributed by atoms with E-state index in [0.29, 0.717) is 25.9 Å². The molecule has 0 radical (unpaired) electrons. The molecule has 0 saturated heterocycles. The number of aromatic amines is 2. The summed E-state index contributed by atoms with van der Waals surface area (Å²) in [5.41, 5.74) is 9.40. The zero-order chi connectivity index (χ0) is 41.8. The van der Waals surface area contributed by atoms with Gasteiger partial charge in [0.15, 0.2) is 0 Å². The monoisotopic (exact) mass is 840 g/mol. The van der Waals surface area contributed by atoms with Gasteiger partial charge >= 0.3 is 0 Å². The number of nitrogens with one attached hydrogen (secondary N) is 2. The molecule has 0 bridgehead atoms. The molecule has 0 amide bonds. The fraction of sp³-hybridized carbons (Fsp3) is 0.167. The van der Waals surface area contributed by atoms with E-state index in [1.807, 2.05) is 62.4 Å². The predicted octanol–water partition coefficient (Wildman–Crippen LogP) is 9.90. The molecule has 0 unspecified atom stereocenters. The second kappa shape index (κ2) is 15.6. The van der Waals surface area contributed by atoms with E-state index in [2.05, 4.69) is 9.97 Å². The first kappa shape index (κ1) is 39.5. The number of hydrogen-bond acceptors (Lipinski definition) is 4. The van der Waals surface area contributed by atoms with E-state index >= 15 is 0 Å². The van der Waals surface area contributed by atoms with Crippen molar-refractivity contribution in [1.29, 1.82) is 0 Å². The molecule has 8 aromatic rings. The molecule has 4 heterocycles. The lowest BCUT2D eigenvalue weighted by atomic mass is 9.92. The van der Waals surface area contributed by atoms with Crippen LogP contribution in [0.5, 0.6) is 0 Å². The van der Waals surface area contributed by atoms with Gasteiger partial charge in [0.05, 0.1) is 21.9 Å². The maximum absolute atomic E-state index is 13.7. The first-order valence-corrected chi connectivity index (χ1v) is 22.6. The number of aromatic nitrogens is 2. The first-order valence-electron chi connectivity index (χ1n) is 19.8. The maximum Gasteiger partial charge on any atom is 0.243 e. The molecule has 6 aromatic carbocycles. The Bertz CT molecular complexity index is 2860. The summed E-state index contributed by atoms with van der Waals surface area (Å²) < 4.78 is 85.0. The molecule has 10 rings (SSSR count). The van der Waals surface area contributed by atoms with Gasteiger partial charge < -0.3 is 9.97 Å². The lowest BCUT2D eigenvalue weighted by Crippen LogP contribution is -2.40. The Morgan fingerprint density at radius 1 is 0.483 bits per heavy atom. The van der Waals surface area contributed by atoms with Gasteiger partial charge in [-0.05, 0) is 85.6 Å². The third-order valence-electron chi connectivity index (χ3n) is 11.6. The van der Waals surface area contributed by atoms with Gasteiger partial charge in [0.25, 0.3) is 0 Å². The Hall–Kier alpha value is -5.92. The molecular formula is C48H42F2N4O4S2. The molecule has 0 fully saturated rings. The number of aryl methyl sites for hydroxylation is 2.